The summed E-state index contributed by atoms with van der Waals surface area (Å²) in [6.45, 7) is 5.40. The zero-order valence-corrected chi connectivity index (χ0v) is 17.1. The number of benzene rings is 4. The van der Waals surface area contributed by atoms with Gasteiger partial charge in [0.2, 0.25) is 0 Å². The van der Waals surface area contributed by atoms with E-state index in [-0.39, 0.29) is 16.8 Å². The third-order valence-electron chi connectivity index (χ3n) is 4.67. The van der Waals surface area contributed by atoms with E-state index in [1.807, 2.05) is 18.2 Å². The van der Waals surface area contributed by atoms with Crippen molar-refractivity contribution in [3.05, 3.63) is 109 Å². The fraction of sp³-hybridized carbons (Fsp3) is 0.0385. The van der Waals surface area contributed by atoms with E-state index in [0.29, 0.717) is 5.57 Å². The van der Waals surface area contributed by atoms with Gasteiger partial charge in [0.1, 0.15) is 0 Å². The van der Waals surface area contributed by atoms with Gasteiger partial charge >= 0.3 is 0 Å². The minimum absolute atomic E-state index is 0.158. The van der Waals surface area contributed by atoms with Gasteiger partial charge in [-0.1, -0.05) is 49.0 Å². The molecule has 1 atom stereocenters. The van der Waals surface area contributed by atoms with Crippen LogP contribution in [0.5, 0.6) is 0 Å². The van der Waals surface area contributed by atoms with Crippen molar-refractivity contribution < 1.29 is 4.79 Å². The monoisotopic (exact) mass is 396 g/mol. The molecular formula is C26H22NOS+. The summed E-state index contributed by atoms with van der Waals surface area (Å²) in [6, 6.07) is 33.8. The first kappa shape index (κ1) is 19.0. The Morgan fingerprint density at radius 2 is 1.31 bits per heavy atom. The lowest BCUT2D eigenvalue weighted by Gasteiger charge is -2.10. The number of anilines is 1. The van der Waals surface area contributed by atoms with Crippen molar-refractivity contribution in [2.45, 2.75) is 21.6 Å². The number of fused-ring (bicyclic) bond motifs is 1. The predicted molar refractivity (Wildman–Crippen MR) is 122 cm³/mol. The lowest BCUT2D eigenvalue weighted by Crippen LogP contribution is -2.12. The molecule has 0 aromatic heterocycles. The molecule has 4 aromatic rings. The molecule has 0 bridgehead atoms. The van der Waals surface area contributed by atoms with Crippen LogP contribution in [0, 0.1) is 0 Å². The van der Waals surface area contributed by atoms with Crippen molar-refractivity contribution in [2.24, 2.45) is 0 Å². The van der Waals surface area contributed by atoms with Gasteiger partial charge in [-0.15, -0.1) is 0 Å². The van der Waals surface area contributed by atoms with E-state index >= 15 is 0 Å². The van der Waals surface area contributed by atoms with Gasteiger partial charge in [0.25, 0.3) is 5.91 Å². The lowest BCUT2D eigenvalue weighted by atomic mass is 10.1. The molecule has 1 amide bonds. The summed E-state index contributed by atoms with van der Waals surface area (Å²) in [5.74, 6) is -0.158. The highest BCUT2D eigenvalue weighted by Gasteiger charge is 2.28. The van der Waals surface area contributed by atoms with Crippen LogP contribution in [-0.2, 0) is 15.7 Å². The Morgan fingerprint density at radius 3 is 2.00 bits per heavy atom. The summed E-state index contributed by atoms with van der Waals surface area (Å²) in [5.41, 5.74) is 1.27. The summed E-state index contributed by atoms with van der Waals surface area (Å²) in [6.07, 6.45) is 0. The molecule has 2 nitrogen and oxygen atoms in total. The smallest absolute Gasteiger partial charge is 0.250 e. The summed E-state index contributed by atoms with van der Waals surface area (Å²) in [7, 11) is -0.231. The van der Waals surface area contributed by atoms with Gasteiger partial charge in [0, 0.05) is 17.3 Å². The van der Waals surface area contributed by atoms with Crippen molar-refractivity contribution in [2.75, 3.05) is 5.32 Å². The van der Waals surface area contributed by atoms with E-state index in [0.717, 1.165) is 5.69 Å². The molecule has 0 saturated carbocycles. The highest BCUT2D eigenvalue weighted by molar-refractivity contribution is 7.97. The highest BCUT2D eigenvalue weighted by Crippen LogP contribution is 2.33. The Morgan fingerprint density at radius 1 is 0.724 bits per heavy atom. The van der Waals surface area contributed by atoms with Gasteiger partial charge in [0.05, 0.1) is 10.9 Å². The van der Waals surface area contributed by atoms with Crippen LogP contribution >= 0.6 is 0 Å². The molecule has 4 aromatic carbocycles. The van der Waals surface area contributed by atoms with E-state index in [1.165, 1.54) is 25.5 Å². The standard InChI is InChI=1S/C26H21NOS/c1-19(2)26(28)27-22-13-16-24(17-14-22)29(23-10-4-3-5-11-23)25-15-12-20-8-6-7-9-21(20)18-25/h3-18H,1H2,2H3/p+1. The first-order valence-electron chi connectivity index (χ1n) is 9.47. The van der Waals surface area contributed by atoms with Crippen molar-refractivity contribution in [3.63, 3.8) is 0 Å². The summed E-state index contributed by atoms with van der Waals surface area (Å²) < 4.78 is 0. The molecule has 0 aliphatic carbocycles. The van der Waals surface area contributed by atoms with Crippen LogP contribution in [0.2, 0.25) is 0 Å². The Labute approximate surface area is 174 Å². The van der Waals surface area contributed by atoms with Crippen molar-refractivity contribution >= 4 is 33.3 Å². The minimum Gasteiger partial charge on any atom is -0.322 e. The predicted octanol–water partition coefficient (Wildman–Crippen LogP) is 6.45. The van der Waals surface area contributed by atoms with E-state index in [9.17, 15) is 4.79 Å². The number of carbonyl (C=O) groups is 1. The van der Waals surface area contributed by atoms with Crippen LogP contribution < -0.4 is 5.32 Å². The first-order chi connectivity index (χ1) is 14.1. The molecule has 4 rings (SSSR count). The van der Waals surface area contributed by atoms with Crippen LogP contribution in [-0.4, -0.2) is 5.91 Å². The van der Waals surface area contributed by atoms with Crippen LogP contribution in [0.4, 0.5) is 5.69 Å². The third kappa shape index (κ3) is 4.25. The van der Waals surface area contributed by atoms with Gasteiger partial charge in [0.15, 0.2) is 14.7 Å². The first-order valence-corrected chi connectivity index (χ1v) is 10.7. The van der Waals surface area contributed by atoms with Crippen LogP contribution in [0.25, 0.3) is 10.8 Å². The molecule has 0 aliphatic heterocycles. The lowest BCUT2D eigenvalue weighted by molar-refractivity contribution is -0.112. The molecule has 0 saturated heterocycles. The van der Waals surface area contributed by atoms with Crippen LogP contribution in [0.1, 0.15) is 6.92 Å². The molecule has 3 heteroatoms. The largest absolute Gasteiger partial charge is 0.322 e. The van der Waals surface area contributed by atoms with Gasteiger partial charge < -0.3 is 5.32 Å². The molecule has 0 fully saturated rings. The van der Waals surface area contributed by atoms with E-state index in [1.54, 1.807) is 6.92 Å². The Bertz CT molecular complexity index is 1170. The van der Waals surface area contributed by atoms with Crippen molar-refractivity contribution in [1.82, 2.24) is 0 Å². The second kappa shape index (κ2) is 8.38. The Kier molecular flexibility index (Phi) is 5.50. The zero-order chi connectivity index (χ0) is 20.2. The van der Waals surface area contributed by atoms with E-state index < -0.39 is 0 Å². The minimum atomic E-state index is -0.231. The molecule has 142 valence electrons. The average molecular weight is 397 g/mol. The number of amides is 1. The summed E-state index contributed by atoms with van der Waals surface area (Å²) in [4.78, 5) is 15.6. The van der Waals surface area contributed by atoms with Crippen LogP contribution in [0.3, 0.4) is 0 Å². The molecule has 1 N–H and O–H groups in total. The summed E-state index contributed by atoms with van der Waals surface area (Å²) >= 11 is 0. The quantitative estimate of drug-likeness (QED) is 0.305. The Balaban J connectivity index is 1.75. The molecule has 0 spiro atoms. The van der Waals surface area contributed by atoms with Gasteiger partial charge in [-0.3, -0.25) is 4.79 Å². The van der Waals surface area contributed by atoms with Gasteiger partial charge in [-0.2, -0.15) is 0 Å². The third-order valence-corrected chi connectivity index (χ3v) is 6.88. The van der Waals surface area contributed by atoms with E-state index in [2.05, 4.69) is 90.8 Å². The SMILES string of the molecule is C=C(C)C(=O)Nc1ccc([S+](c2ccccc2)c2ccc3ccccc3c2)cc1. The fourth-order valence-corrected chi connectivity index (χ4v) is 5.27. The number of nitrogens with one attached hydrogen (secondary N) is 1. The van der Waals surface area contributed by atoms with Gasteiger partial charge in [-0.25, -0.2) is 0 Å². The second-order valence-corrected chi connectivity index (χ2v) is 8.91. The average Bonchev–Trinajstić information content (AvgIpc) is 2.76. The maximum atomic E-state index is 11.9. The Hall–Kier alpha value is -3.30. The second-order valence-electron chi connectivity index (χ2n) is 6.89. The molecule has 0 aliphatic rings. The van der Waals surface area contributed by atoms with Crippen LogP contribution in [0.15, 0.2) is 124 Å². The number of hydrogen-bond acceptors (Lipinski definition) is 1. The molecule has 1 unspecified atom stereocenters. The number of carbonyl (C=O) groups excluding carboxylic acids is 1. The highest BCUT2D eigenvalue weighted by atomic mass is 32.2. The maximum Gasteiger partial charge on any atom is 0.250 e. The van der Waals surface area contributed by atoms with Gasteiger partial charge in [-0.05, 0) is 66.2 Å². The summed E-state index contributed by atoms with van der Waals surface area (Å²) in [5, 5.41) is 5.36. The maximum absolute atomic E-state index is 11.9. The molecular weight excluding hydrogens is 374 g/mol. The molecule has 0 radical (unpaired) electrons. The molecule has 0 heterocycles. The van der Waals surface area contributed by atoms with Crippen molar-refractivity contribution in [1.29, 1.82) is 0 Å². The normalized spacial score (nSPS) is 11.8. The van der Waals surface area contributed by atoms with Crippen molar-refractivity contribution in [3.8, 4) is 0 Å². The number of hydrogen-bond donors (Lipinski definition) is 1. The van der Waals surface area contributed by atoms with E-state index in [4.69, 9.17) is 0 Å². The fourth-order valence-electron chi connectivity index (χ4n) is 3.17. The molecule has 29 heavy (non-hydrogen) atoms. The topological polar surface area (TPSA) is 29.1 Å². The zero-order valence-electron chi connectivity index (χ0n) is 16.3. The number of rotatable bonds is 5.